The second kappa shape index (κ2) is 7.53. The standard InChI is InChI=1S/C11H20N2O5S2/c1-5(15)12-7-9(17)8(16)6(4-14)18-10(7)20-11(19)13(2)3/h6-10,14,16-17H,4H2,1-3H3,(H,12,15)/t6-,7-,8+,9-,10+/m1/s1. The molecule has 0 aromatic heterocycles. The number of nitrogens with zero attached hydrogens (tertiary/aromatic N) is 1. The number of aliphatic hydroxyl groups excluding tert-OH is 3. The van der Waals surface area contributed by atoms with Gasteiger partial charge in [-0.15, -0.1) is 0 Å². The number of ether oxygens (including phenoxy) is 1. The van der Waals surface area contributed by atoms with E-state index in [1.165, 1.54) is 6.92 Å². The van der Waals surface area contributed by atoms with E-state index in [-0.39, 0.29) is 5.91 Å². The molecular weight excluding hydrogens is 304 g/mol. The quantitative estimate of drug-likeness (QED) is 0.466. The number of amides is 1. The Morgan fingerprint density at radius 1 is 1.40 bits per heavy atom. The molecule has 0 unspecified atom stereocenters. The first-order valence-corrected chi connectivity index (χ1v) is 7.34. The van der Waals surface area contributed by atoms with Gasteiger partial charge in [0.15, 0.2) is 0 Å². The summed E-state index contributed by atoms with van der Waals surface area (Å²) in [6.45, 7) is 0.875. The van der Waals surface area contributed by atoms with Crippen LogP contribution < -0.4 is 5.32 Å². The van der Waals surface area contributed by atoms with Crippen LogP contribution in [-0.2, 0) is 9.53 Å². The van der Waals surface area contributed by atoms with Crippen molar-refractivity contribution in [1.29, 1.82) is 0 Å². The molecule has 9 heteroatoms. The van der Waals surface area contributed by atoms with Crippen LogP contribution in [0.5, 0.6) is 0 Å². The average Bonchev–Trinajstić information content (AvgIpc) is 2.37. The Kier molecular flexibility index (Phi) is 6.62. The fraction of sp³-hybridized carbons (Fsp3) is 0.818. The van der Waals surface area contributed by atoms with Crippen LogP contribution in [0.2, 0.25) is 0 Å². The Bertz CT molecular complexity index is 369. The van der Waals surface area contributed by atoms with Crippen molar-refractivity contribution in [1.82, 2.24) is 10.2 Å². The Balaban J connectivity index is 2.88. The lowest BCUT2D eigenvalue weighted by Crippen LogP contribution is -2.63. The summed E-state index contributed by atoms with van der Waals surface area (Å²) in [5, 5.41) is 31.6. The average molecular weight is 324 g/mol. The Hall–Kier alpha value is -0.450. The van der Waals surface area contributed by atoms with Gasteiger partial charge >= 0.3 is 0 Å². The van der Waals surface area contributed by atoms with Crippen molar-refractivity contribution in [3.05, 3.63) is 0 Å². The minimum Gasteiger partial charge on any atom is -0.394 e. The molecule has 0 spiro atoms. The molecule has 0 aromatic rings. The molecule has 1 aliphatic rings. The molecule has 1 amide bonds. The first-order chi connectivity index (χ1) is 9.27. The summed E-state index contributed by atoms with van der Waals surface area (Å²) in [6, 6.07) is -0.812. The molecule has 0 saturated carbocycles. The molecule has 5 atom stereocenters. The van der Waals surface area contributed by atoms with E-state index in [4.69, 9.17) is 17.0 Å². The molecular formula is C11H20N2O5S2. The highest BCUT2D eigenvalue weighted by molar-refractivity contribution is 8.23. The van der Waals surface area contributed by atoms with E-state index in [1.807, 2.05) is 0 Å². The highest BCUT2D eigenvalue weighted by atomic mass is 32.2. The third-order valence-corrected chi connectivity index (χ3v) is 4.69. The van der Waals surface area contributed by atoms with E-state index in [1.54, 1.807) is 19.0 Å². The summed E-state index contributed by atoms with van der Waals surface area (Å²) >= 11 is 6.30. The molecule has 116 valence electrons. The molecule has 1 saturated heterocycles. The van der Waals surface area contributed by atoms with E-state index in [0.717, 1.165) is 11.8 Å². The number of carbonyl (C=O) groups excluding carboxylic acids is 1. The van der Waals surface area contributed by atoms with Crippen molar-refractivity contribution < 1.29 is 24.9 Å². The number of hydrogen-bond donors (Lipinski definition) is 4. The minimum absolute atomic E-state index is 0.353. The van der Waals surface area contributed by atoms with Crippen molar-refractivity contribution in [2.24, 2.45) is 0 Å². The number of thiocarbonyl (C=S) groups is 1. The van der Waals surface area contributed by atoms with Crippen LogP contribution in [0.1, 0.15) is 6.92 Å². The van der Waals surface area contributed by atoms with E-state index < -0.39 is 36.4 Å². The Morgan fingerprint density at radius 2 is 2.00 bits per heavy atom. The number of aliphatic hydroxyl groups is 3. The topological polar surface area (TPSA) is 102 Å². The summed E-state index contributed by atoms with van der Waals surface area (Å²) < 4.78 is 6.03. The maximum Gasteiger partial charge on any atom is 0.217 e. The molecule has 0 aromatic carbocycles. The van der Waals surface area contributed by atoms with Gasteiger partial charge in [0.05, 0.1) is 12.6 Å². The summed E-state index contributed by atoms with van der Waals surface area (Å²) in [5.74, 6) is -0.353. The Labute approximate surface area is 127 Å². The van der Waals surface area contributed by atoms with Crippen LogP contribution in [0.25, 0.3) is 0 Å². The van der Waals surface area contributed by atoms with Crippen molar-refractivity contribution >= 4 is 34.2 Å². The fourth-order valence-corrected chi connectivity index (χ4v) is 3.04. The summed E-state index contributed by atoms with van der Waals surface area (Å²) in [6.07, 6.45) is -3.44. The monoisotopic (exact) mass is 324 g/mol. The van der Waals surface area contributed by atoms with Crippen molar-refractivity contribution in [2.75, 3.05) is 20.7 Å². The highest BCUT2D eigenvalue weighted by Crippen LogP contribution is 2.29. The zero-order valence-electron chi connectivity index (χ0n) is 11.5. The largest absolute Gasteiger partial charge is 0.394 e. The normalized spacial score (nSPS) is 33.6. The minimum atomic E-state index is -1.28. The summed E-state index contributed by atoms with van der Waals surface area (Å²) in [5.41, 5.74) is -0.690. The van der Waals surface area contributed by atoms with Gasteiger partial charge in [-0.1, -0.05) is 24.0 Å². The molecule has 1 heterocycles. The number of nitrogens with one attached hydrogen (secondary N) is 1. The molecule has 0 bridgehead atoms. The maximum atomic E-state index is 11.2. The molecule has 7 nitrogen and oxygen atoms in total. The van der Waals surface area contributed by atoms with E-state index >= 15 is 0 Å². The second-order valence-electron chi connectivity index (χ2n) is 4.71. The molecule has 0 radical (unpaired) electrons. The van der Waals surface area contributed by atoms with Gasteiger partial charge in [-0.2, -0.15) is 0 Å². The predicted molar refractivity (Wildman–Crippen MR) is 79.2 cm³/mol. The van der Waals surface area contributed by atoms with Gasteiger partial charge in [-0.25, -0.2) is 0 Å². The second-order valence-corrected chi connectivity index (χ2v) is 6.44. The number of rotatable bonds is 3. The highest BCUT2D eigenvalue weighted by Gasteiger charge is 2.45. The molecule has 4 N–H and O–H groups in total. The van der Waals surface area contributed by atoms with Crippen LogP contribution in [0.3, 0.4) is 0 Å². The molecule has 0 aliphatic carbocycles. The first-order valence-electron chi connectivity index (χ1n) is 6.05. The first kappa shape index (κ1) is 17.6. The van der Waals surface area contributed by atoms with Gasteiger partial charge in [0, 0.05) is 21.0 Å². The summed E-state index contributed by atoms with van der Waals surface area (Å²) in [4.78, 5) is 12.9. The van der Waals surface area contributed by atoms with Gasteiger partial charge in [0.2, 0.25) is 5.91 Å². The smallest absolute Gasteiger partial charge is 0.217 e. The molecule has 1 aliphatic heterocycles. The zero-order valence-corrected chi connectivity index (χ0v) is 13.1. The van der Waals surface area contributed by atoms with Gasteiger partial charge in [0.25, 0.3) is 0 Å². The van der Waals surface area contributed by atoms with E-state index in [9.17, 15) is 20.1 Å². The number of thioether (sulfide) groups is 1. The Morgan fingerprint density at radius 3 is 2.45 bits per heavy atom. The maximum absolute atomic E-state index is 11.2. The molecule has 20 heavy (non-hydrogen) atoms. The third kappa shape index (κ3) is 4.27. The van der Waals surface area contributed by atoms with Gasteiger partial charge in [-0.05, 0) is 0 Å². The van der Waals surface area contributed by atoms with Crippen LogP contribution in [0, 0.1) is 0 Å². The lowest BCUT2D eigenvalue weighted by Gasteiger charge is -2.42. The van der Waals surface area contributed by atoms with Crippen molar-refractivity contribution in [2.45, 2.75) is 36.7 Å². The van der Waals surface area contributed by atoms with Gasteiger partial charge in [0.1, 0.15) is 28.1 Å². The van der Waals surface area contributed by atoms with Crippen molar-refractivity contribution in [3.8, 4) is 0 Å². The molecule has 1 fully saturated rings. The zero-order chi connectivity index (χ0) is 15.4. The van der Waals surface area contributed by atoms with E-state index in [0.29, 0.717) is 4.32 Å². The summed E-state index contributed by atoms with van der Waals surface area (Å²) in [7, 11) is 3.53. The van der Waals surface area contributed by atoms with Gasteiger partial charge in [-0.3, -0.25) is 4.79 Å². The predicted octanol–water partition coefficient (Wildman–Crippen LogP) is -1.49. The SMILES string of the molecule is CC(=O)N[C@@H]1[C@@H](O)[C@@H](O)[C@@H](CO)O[C@H]1SC(=S)N(C)C. The van der Waals surface area contributed by atoms with Crippen molar-refractivity contribution in [3.63, 3.8) is 0 Å². The third-order valence-electron chi connectivity index (χ3n) is 2.83. The lowest BCUT2D eigenvalue weighted by molar-refractivity contribution is -0.173. The fourth-order valence-electron chi connectivity index (χ4n) is 1.78. The van der Waals surface area contributed by atoms with Crippen LogP contribution >= 0.6 is 24.0 Å². The van der Waals surface area contributed by atoms with E-state index in [2.05, 4.69) is 5.32 Å². The van der Waals surface area contributed by atoms with Crippen LogP contribution in [0.4, 0.5) is 0 Å². The number of carbonyl (C=O) groups is 1. The number of hydrogen-bond acceptors (Lipinski definition) is 7. The molecule has 1 rings (SSSR count). The van der Waals surface area contributed by atoms with Crippen LogP contribution in [0.15, 0.2) is 0 Å². The van der Waals surface area contributed by atoms with Gasteiger partial charge < -0.3 is 30.3 Å². The van der Waals surface area contributed by atoms with Crippen LogP contribution in [-0.4, -0.2) is 80.9 Å². The lowest BCUT2D eigenvalue weighted by atomic mass is 9.98.